The Morgan fingerprint density at radius 1 is 1.50 bits per heavy atom. The number of rotatable bonds is 5. The van der Waals surface area contributed by atoms with Gasteiger partial charge < -0.3 is 15.4 Å². The van der Waals surface area contributed by atoms with Crippen LogP contribution in [0.5, 0.6) is 0 Å². The molecule has 0 aromatic carbocycles. The molecule has 0 unspecified atom stereocenters. The summed E-state index contributed by atoms with van der Waals surface area (Å²) in [5, 5.41) is 0. The number of esters is 1. The van der Waals surface area contributed by atoms with E-state index in [1.807, 2.05) is 13.8 Å². The summed E-state index contributed by atoms with van der Waals surface area (Å²) in [6.07, 6.45) is 1.50. The van der Waals surface area contributed by atoms with E-state index in [4.69, 9.17) is 5.73 Å². The molecule has 0 aliphatic carbocycles. The van der Waals surface area contributed by atoms with Crippen LogP contribution in [0, 0.1) is 0 Å². The maximum Gasteiger partial charge on any atom is 0.338 e. The predicted octanol–water partition coefficient (Wildman–Crippen LogP) is 0.568. The van der Waals surface area contributed by atoms with Crippen LogP contribution in [0.1, 0.15) is 24.2 Å². The molecule has 0 radical (unpaired) electrons. The van der Waals surface area contributed by atoms with Crippen molar-refractivity contribution in [3.05, 3.63) is 23.9 Å². The van der Waals surface area contributed by atoms with Gasteiger partial charge in [-0.2, -0.15) is 0 Å². The molecule has 1 amide bonds. The van der Waals surface area contributed by atoms with Crippen LogP contribution in [0.2, 0.25) is 0 Å². The highest BCUT2D eigenvalue weighted by Crippen LogP contribution is 2.15. The minimum atomic E-state index is -0.450. The Morgan fingerprint density at radius 2 is 2.17 bits per heavy atom. The largest absolute Gasteiger partial charge is 0.465 e. The van der Waals surface area contributed by atoms with E-state index in [1.54, 1.807) is 17.0 Å². The molecule has 18 heavy (non-hydrogen) atoms. The first-order chi connectivity index (χ1) is 8.45. The second-order valence-corrected chi connectivity index (χ2v) is 4.08. The summed E-state index contributed by atoms with van der Waals surface area (Å²) in [5.41, 5.74) is 5.58. The van der Waals surface area contributed by atoms with E-state index in [-0.39, 0.29) is 12.6 Å². The molecular weight excluding hydrogens is 234 g/mol. The van der Waals surface area contributed by atoms with Crippen molar-refractivity contribution < 1.29 is 14.3 Å². The number of nitrogens with two attached hydrogens (primary N) is 1. The van der Waals surface area contributed by atoms with Crippen molar-refractivity contribution in [2.45, 2.75) is 19.9 Å². The van der Waals surface area contributed by atoms with E-state index in [0.29, 0.717) is 11.4 Å². The quantitative estimate of drug-likeness (QED) is 0.773. The summed E-state index contributed by atoms with van der Waals surface area (Å²) < 4.78 is 4.64. The molecule has 0 bridgehead atoms. The first-order valence-corrected chi connectivity index (χ1v) is 5.55. The van der Waals surface area contributed by atoms with Crippen LogP contribution in [-0.2, 0) is 9.53 Å². The van der Waals surface area contributed by atoms with E-state index < -0.39 is 11.9 Å². The Labute approximate surface area is 106 Å². The van der Waals surface area contributed by atoms with Crippen LogP contribution in [0.3, 0.4) is 0 Å². The maximum absolute atomic E-state index is 11.4. The third kappa shape index (κ3) is 3.44. The average molecular weight is 251 g/mol. The molecular formula is C12H17N3O3. The van der Waals surface area contributed by atoms with Gasteiger partial charge in [0.15, 0.2) is 0 Å². The second kappa shape index (κ2) is 6.00. The standard InChI is InChI=1S/C12H17N3O3/c1-8(2)15(7-10(13)16)11-6-9(4-5-14-11)12(17)18-3/h4-6,8H,7H2,1-3H3,(H2,13,16). The van der Waals surface area contributed by atoms with Gasteiger partial charge in [0.05, 0.1) is 19.2 Å². The smallest absolute Gasteiger partial charge is 0.338 e. The fourth-order valence-corrected chi connectivity index (χ4v) is 1.52. The van der Waals surface area contributed by atoms with Gasteiger partial charge in [-0.3, -0.25) is 4.79 Å². The SMILES string of the molecule is COC(=O)c1ccnc(N(CC(N)=O)C(C)C)c1. The predicted molar refractivity (Wildman–Crippen MR) is 67.3 cm³/mol. The van der Waals surface area contributed by atoms with Crippen LogP contribution in [0.15, 0.2) is 18.3 Å². The normalized spacial score (nSPS) is 10.2. The number of methoxy groups -OCH3 is 1. The zero-order chi connectivity index (χ0) is 13.7. The van der Waals surface area contributed by atoms with Crippen molar-refractivity contribution >= 4 is 17.7 Å². The molecule has 0 saturated carbocycles. The molecule has 1 heterocycles. The van der Waals surface area contributed by atoms with Crippen LogP contribution in [-0.4, -0.2) is 36.6 Å². The van der Waals surface area contributed by atoms with Gasteiger partial charge in [-0.25, -0.2) is 9.78 Å². The number of aromatic nitrogens is 1. The Balaban J connectivity index is 3.05. The fraction of sp³-hybridized carbons (Fsp3) is 0.417. The van der Waals surface area contributed by atoms with E-state index in [0.717, 1.165) is 0 Å². The number of pyridine rings is 1. The van der Waals surface area contributed by atoms with Crippen molar-refractivity contribution in [3.63, 3.8) is 0 Å². The molecule has 6 heteroatoms. The number of amides is 1. The van der Waals surface area contributed by atoms with Crippen molar-refractivity contribution in [2.75, 3.05) is 18.6 Å². The van der Waals surface area contributed by atoms with Crippen LogP contribution >= 0.6 is 0 Å². The lowest BCUT2D eigenvalue weighted by Gasteiger charge is -2.26. The van der Waals surface area contributed by atoms with E-state index in [1.165, 1.54) is 13.3 Å². The Morgan fingerprint density at radius 3 is 2.67 bits per heavy atom. The molecule has 0 aliphatic heterocycles. The number of carbonyl (C=O) groups excluding carboxylic acids is 2. The second-order valence-electron chi connectivity index (χ2n) is 4.08. The lowest BCUT2D eigenvalue weighted by molar-refractivity contribution is -0.116. The number of anilines is 1. The monoisotopic (exact) mass is 251 g/mol. The molecule has 0 aliphatic rings. The van der Waals surface area contributed by atoms with Gasteiger partial charge in [0.25, 0.3) is 0 Å². The van der Waals surface area contributed by atoms with Gasteiger partial charge in [-0.05, 0) is 26.0 Å². The van der Waals surface area contributed by atoms with E-state index >= 15 is 0 Å². The van der Waals surface area contributed by atoms with Crippen LogP contribution < -0.4 is 10.6 Å². The van der Waals surface area contributed by atoms with Crippen molar-refractivity contribution in [1.29, 1.82) is 0 Å². The molecule has 2 N–H and O–H groups in total. The van der Waals surface area contributed by atoms with Crippen molar-refractivity contribution in [2.24, 2.45) is 5.73 Å². The summed E-state index contributed by atoms with van der Waals surface area (Å²) in [5.74, 6) is -0.373. The third-order valence-corrected chi connectivity index (χ3v) is 2.41. The Kier molecular flexibility index (Phi) is 4.65. The number of primary amides is 1. The molecule has 6 nitrogen and oxygen atoms in total. The van der Waals surface area contributed by atoms with Crippen molar-refractivity contribution in [1.82, 2.24) is 4.98 Å². The average Bonchev–Trinajstić information content (AvgIpc) is 2.34. The van der Waals surface area contributed by atoms with Gasteiger partial charge in [-0.15, -0.1) is 0 Å². The first kappa shape index (κ1) is 14.0. The van der Waals surface area contributed by atoms with Crippen LogP contribution in [0.4, 0.5) is 5.82 Å². The number of nitrogens with zero attached hydrogens (tertiary/aromatic N) is 2. The van der Waals surface area contributed by atoms with Gasteiger partial charge >= 0.3 is 5.97 Å². The van der Waals surface area contributed by atoms with Gasteiger partial charge in [-0.1, -0.05) is 0 Å². The summed E-state index contributed by atoms with van der Waals surface area (Å²) in [4.78, 5) is 28.3. The lowest BCUT2D eigenvalue weighted by Crippen LogP contribution is -2.39. The molecule has 1 aromatic rings. The minimum absolute atomic E-state index is 0.0397. The summed E-state index contributed by atoms with van der Waals surface area (Å²) in [6.45, 7) is 3.88. The lowest BCUT2D eigenvalue weighted by atomic mass is 10.2. The molecule has 98 valence electrons. The highest BCUT2D eigenvalue weighted by molar-refractivity contribution is 5.90. The zero-order valence-corrected chi connectivity index (χ0v) is 10.7. The minimum Gasteiger partial charge on any atom is -0.465 e. The number of hydrogen-bond donors (Lipinski definition) is 1. The summed E-state index contributed by atoms with van der Waals surface area (Å²) >= 11 is 0. The van der Waals surface area contributed by atoms with Gasteiger partial charge in [0, 0.05) is 12.2 Å². The van der Waals surface area contributed by atoms with E-state index in [9.17, 15) is 9.59 Å². The van der Waals surface area contributed by atoms with Crippen LogP contribution in [0.25, 0.3) is 0 Å². The fourth-order valence-electron chi connectivity index (χ4n) is 1.52. The number of ether oxygens (including phenoxy) is 1. The highest BCUT2D eigenvalue weighted by Gasteiger charge is 2.16. The highest BCUT2D eigenvalue weighted by atomic mass is 16.5. The Hall–Kier alpha value is -2.11. The number of hydrogen-bond acceptors (Lipinski definition) is 5. The number of carbonyl (C=O) groups is 2. The summed E-state index contributed by atoms with van der Waals surface area (Å²) in [7, 11) is 1.31. The van der Waals surface area contributed by atoms with E-state index in [2.05, 4.69) is 9.72 Å². The van der Waals surface area contributed by atoms with Crippen molar-refractivity contribution in [3.8, 4) is 0 Å². The first-order valence-electron chi connectivity index (χ1n) is 5.55. The van der Waals surface area contributed by atoms with Gasteiger partial charge in [0.1, 0.15) is 5.82 Å². The molecule has 0 atom stereocenters. The third-order valence-electron chi connectivity index (χ3n) is 2.41. The molecule has 1 rings (SSSR count). The molecule has 0 fully saturated rings. The molecule has 0 saturated heterocycles. The molecule has 0 spiro atoms. The summed E-state index contributed by atoms with van der Waals surface area (Å²) in [6, 6.07) is 3.17. The molecule has 1 aromatic heterocycles. The Bertz CT molecular complexity index is 446. The topological polar surface area (TPSA) is 85.5 Å². The zero-order valence-electron chi connectivity index (χ0n) is 10.7. The maximum atomic E-state index is 11.4. The van der Waals surface area contributed by atoms with Gasteiger partial charge in [0.2, 0.25) is 5.91 Å².